The van der Waals surface area contributed by atoms with Gasteiger partial charge in [-0.2, -0.15) is 0 Å². The second-order valence-corrected chi connectivity index (χ2v) is 7.85. The van der Waals surface area contributed by atoms with Gasteiger partial charge in [-0.15, -0.1) is 0 Å². The molecule has 0 saturated heterocycles. The first-order valence-corrected chi connectivity index (χ1v) is 9.48. The Kier molecular flexibility index (Phi) is 5.77. The maximum atomic E-state index is 11.2. The van der Waals surface area contributed by atoms with Crippen molar-refractivity contribution in [2.24, 2.45) is 11.1 Å². The van der Waals surface area contributed by atoms with E-state index in [-0.39, 0.29) is 4.90 Å². The number of sulfonamides is 1. The Morgan fingerprint density at radius 3 is 2.50 bits per heavy atom. The second-order valence-electron chi connectivity index (χ2n) is 5.88. The standard InChI is InChI=1S/C15H23N3O2S2/c1-11-4-2-3-5-14(11)18-15(21)17-10-12-6-8-13(9-7-12)22(16,19)20/h6-9,11,14H,2-5,10H2,1H3,(H2,16,19,20)(H2,17,18,21). The maximum absolute atomic E-state index is 11.2. The van der Waals surface area contributed by atoms with Gasteiger partial charge in [0.15, 0.2) is 5.11 Å². The van der Waals surface area contributed by atoms with Gasteiger partial charge in [0.2, 0.25) is 10.0 Å². The summed E-state index contributed by atoms with van der Waals surface area (Å²) in [4.78, 5) is 0.119. The van der Waals surface area contributed by atoms with Crippen LogP contribution in [0, 0.1) is 5.92 Å². The molecule has 2 atom stereocenters. The lowest BCUT2D eigenvalue weighted by Gasteiger charge is -2.30. The average molecular weight is 342 g/mol. The Morgan fingerprint density at radius 1 is 1.27 bits per heavy atom. The summed E-state index contributed by atoms with van der Waals surface area (Å²) >= 11 is 5.33. The van der Waals surface area contributed by atoms with Crippen molar-refractivity contribution in [3.05, 3.63) is 29.8 Å². The molecule has 0 amide bonds. The fourth-order valence-corrected chi connectivity index (χ4v) is 3.47. The van der Waals surface area contributed by atoms with E-state index in [1.165, 1.54) is 31.4 Å². The third kappa shape index (κ3) is 4.93. The molecule has 1 aromatic rings. The quantitative estimate of drug-likeness (QED) is 0.728. The molecule has 1 saturated carbocycles. The fourth-order valence-electron chi connectivity index (χ4n) is 2.73. The van der Waals surface area contributed by atoms with Gasteiger partial charge in [0.25, 0.3) is 0 Å². The van der Waals surface area contributed by atoms with Gasteiger partial charge in [0, 0.05) is 12.6 Å². The molecule has 0 spiro atoms. The van der Waals surface area contributed by atoms with Crippen LogP contribution in [0.3, 0.4) is 0 Å². The fraction of sp³-hybridized carbons (Fsp3) is 0.533. The SMILES string of the molecule is CC1CCCCC1NC(=S)NCc1ccc(S(N)(=O)=O)cc1. The van der Waals surface area contributed by atoms with Gasteiger partial charge in [-0.1, -0.05) is 31.9 Å². The highest BCUT2D eigenvalue weighted by molar-refractivity contribution is 7.89. The van der Waals surface area contributed by atoms with Crippen molar-refractivity contribution in [2.75, 3.05) is 0 Å². The molecule has 122 valence electrons. The Bertz CT molecular complexity index is 614. The predicted molar refractivity (Wildman–Crippen MR) is 91.8 cm³/mol. The smallest absolute Gasteiger partial charge is 0.238 e. The van der Waals surface area contributed by atoms with Crippen LogP contribution >= 0.6 is 12.2 Å². The van der Waals surface area contributed by atoms with E-state index >= 15 is 0 Å². The molecule has 1 aliphatic carbocycles. The van der Waals surface area contributed by atoms with Crippen LogP contribution in [0.15, 0.2) is 29.2 Å². The van der Waals surface area contributed by atoms with Crippen molar-refractivity contribution in [1.82, 2.24) is 10.6 Å². The molecule has 2 unspecified atom stereocenters. The topological polar surface area (TPSA) is 84.2 Å². The molecule has 0 aromatic heterocycles. The van der Waals surface area contributed by atoms with Crippen LogP contribution in [0.5, 0.6) is 0 Å². The van der Waals surface area contributed by atoms with E-state index in [1.807, 2.05) is 0 Å². The molecule has 7 heteroatoms. The number of hydrogen-bond donors (Lipinski definition) is 3. The molecule has 0 heterocycles. The van der Waals surface area contributed by atoms with Crippen LogP contribution in [0.2, 0.25) is 0 Å². The van der Waals surface area contributed by atoms with Gasteiger partial charge < -0.3 is 10.6 Å². The van der Waals surface area contributed by atoms with Gasteiger partial charge >= 0.3 is 0 Å². The number of thiocarbonyl (C=S) groups is 1. The lowest BCUT2D eigenvalue weighted by Crippen LogP contribution is -2.45. The Morgan fingerprint density at radius 2 is 1.91 bits per heavy atom. The second kappa shape index (κ2) is 7.39. The van der Waals surface area contributed by atoms with Gasteiger partial charge in [-0.25, -0.2) is 13.6 Å². The van der Waals surface area contributed by atoms with Crippen LogP contribution < -0.4 is 15.8 Å². The summed E-state index contributed by atoms with van der Waals surface area (Å²) in [6, 6.07) is 6.92. The number of rotatable bonds is 4. The van der Waals surface area contributed by atoms with E-state index < -0.39 is 10.0 Å². The largest absolute Gasteiger partial charge is 0.360 e. The molecule has 5 nitrogen and oxygen atoms in total. The highest BCUT2D eigenvalue weighted by atomic mass is 32.2. The first kappa shape index (κ1) is 17.2. The van der Waals surface area contributed by atoms with Gasteiger partial charge in [-0.05, 0) is 48.7 Å². The molecule has 1 fully saturated rings. The zero-order valence-corrected chi connectivity index (χ0v) is 14.3. The number of primary sulfonamides is 1. The van der Waals surface area contributed by atoms with Crippen molar-refractivity contribution in [3.8, 4) is 0 Å². The Balaban J connectivity index is 1.83. The molecule has 0 aliphatic heterocycles. The van der Waals surface area contributed by atoms with Crippen LogP contribution in [0.1, 0.15) is 38.2 Å². The normalized spacial score (nSPS) is 22.1. The monoisotopic (exact) mass is 341 g/mol. The van der Waals surface area contributed by atoms with Gasteiger partial charge in [0.1, 0.15) is 0 Å². The summed E-state index contributed by atoms with van der Waals surface area (Å²) in [6.07, 6.45) is 4.96. The summed E-state index contributed by atoms with van der Waals surface area (Å²) < 4.78 is 22.4. The van der Waals surface area contributed by atoms with Crippen molar-refractivity contribution in [1.29, 1.82) is 0 Å². The molecule has 4 N–H and O–H groups in total. The molecule has 22 heavy (non-hydrogen) atoms. The van der Waals surface area contributed by atoms with E-state index in [0.717, 1.165) is 12.0 Å². The van der Waals surface area contributed by atoms with Crippen molar-refractivity contribution < 1.29 is 8.42 Å². The third-order valence-electron chi connectivity index (χ3n) is 4.13. The van der Waals surface area contributed by atoms with Crippen LogP contribution in [0.4, 0.5) is 0 Å². The molecule has 2 rings (SSSR count). The summed E-state index contributed by atoms with van der Waals surface area (Å²) in [7, 11) is -3.63. The highest BCUT2D eigenvalue weighted by Gasteiger charge is 2.21. The molecule has 1 aliphatic rings. The lowest BCUT2D eigenvalue weighted by atomic mass is 9.86. The van der Waals surface area contributed by atoms with Crippen molar-refractivity contribution in [3.63, 3.8) is 0 Å². The molecule has 0 bridgehead atoms. The number of nitrogens with one attached hydrogen (secondary N) is 2. The summed E-state index contributed by atoms with van der Waals surface area (Å²) in [5.74, 6) is 0.641. The minimum absolute atomic E-state index is 0.119. The van der Waals surface area contributed by atoms with Crippen LogP contribution in [0.25, 0.3) is 0 Å². The minimum Gasteiger partial charge on any atom is -0.360 e. The van der Waals surface area contributed by atoms with E-state index in [9.17, 15) is 8.42 Å². The molecular weight excluding hydrogens is 318 g/mol. The summed E-state index contributed by atoms with van der Waals surface area (Å²) in [5, 5.41) is 12.3. The molecule has 0 radical (unpaired) electrons. The predicted octanol–water partition coefficient (Wildman–Crippen LogP) is 1.88. The zero-order chi connectivity index (χ0) is 16.2. The van der Waals surface area contributed by atoms with E-state index in [4.69, 9.17) is 17.4 Å². The molecule has 1 aromatic carbocycles. The summed E-state index contributed by atoms with van der Waals surface area (Å²) in [6.45, 7) is 2.81. The van der Waals surface area contributed by atoms with Gasteiger partial charge in [-0.3, -0.25) is 0 Å². The average Bonchev–Trinajstić information content (AvgIpc) is 2.47. The van der Waals surface area contributed by atoms with E-state index in [1.54, 1.807) is 12.1 Å². The first-order chi connectivity index (χ1) is 10.4. The third-order valence-corrected chi connectivity index (χ3v) is 5.32. The van der Waals surface area contributed by atoms with Crippen molar-refractivity contribution in [2.45, 2.75) is 50.1 Å². The lowest BCUT2D eigenvalue weighted by molar-refractivity contribution is 0.308. The summed E-state index contributed by atoms with van der Waals surface area (Å²) in [5.41, 5.74) is 0.952. The Labute approximate surface area is 137 Å². The van der Waals surface area contributed by atoms with E-state index in [2.05, 4.69) is 17.6 Å². The van der Waals surface area contributed by atoms with Crippen LogP contribution in [-0.2, 0) is 16.6 Å². The van der Waals surface area contributed by atoms with Crippen LogP contribution in [-0.4, -0.2) is 19.6 Å². The first-order valence-electron chi connectivity index (χ1n) is 7.52. The van der Waals surface area contributed by atoms with Crippen molar-refractivity contribution >= 4 is 27.4 Å². The Hall–Kier alpha value is -1.18. The van der Waals surface area contributed by atoms with E-state index in [0.29, 0.717) is 23.6 Å². The number of benzene rings is 1. The highest BCUT2D eigenvalue weighted by Crippen LogP contribution is 2.23. The minimum atomic E-state index is -3.63. The molecular formula is C15H23N3O2S2. The van der Waals surface area contributed by atoms with Gasteiger partial charge in [0.05, 0.1) is 4.90 Å². The number of hydrogen-bond acceptors (Lipinski definition) is 3. The zero-order valence-electron chi connectivity index (χ0n) is 12.7. The maximum Gasteiger partial charge on any atom is 0.238 e. The number of nitrogens with two attached hydrogens (primary N) is 1.